The number of methoxy groups -OCH3 is 1. The number of benzene rings is 1. The van der Waals surface area contributed by atoms with Gasteiger partial charge in [0.05, 0.1) is 7.11 Å². The van der Waals surface area contributed by atoms with Crippen LogP contribution in [-0.2, 0) is 9.53 Å². The van der Waals surface area contributed by atoms with Crippen molar-refractivity contribution in [3.05, 3.63) is 35.6 Å². The number of para-hydroxylation sites is 1. The summed E-state index contributed by atoms with van der Waals surface area (Å²) in [6.07, 6.45) is -1.09. The Balaban J connectivity index is 2.03. The largest absolute Gasteiger partial charge is 0.504 e. The molecular formula is C15H16N2O6. The van der Waals surface area contributed by atoms with Crippen LogP contribution in [0.3, 0.4) is 0 Å². The zero-order valence-corrected chi connectivity index (χ0v) is 12.8. The number of hydrogen-bond acceptors (Lipinski definition) is 7. The Bertz CT molecular complexity index is 725. The van der Waals surface area contributed by atoms with Crippen molar-refractivity contribution in [2.75, 3.05) is 12.4 Å². The van der Waals surface area contributed by atoms with E-state index in [4.69, 9.17) is 14.0 Å². The third kappa shape index (κ3) is 3.79. The summed E-state index contributed by atoms with van der Waals surface area (Å²) in [6, 6.07) is 5.92. The van der Waals surface area contributed by atoms with Crippen LogP contribution in [-0.4, -0.2) is 35.4 Å². The first-order valence-electron chi connectivity index (χ1n) is 6.73. The molecule has 8 nitrogen and oxygen atoms in total. The molecule has 1 atom stereocenters. The average Bonchev–Trinajstić information content (AvgIpc) is 2.92. The average molecular weight is 320 g/mol. The minimum absolute atomic E-state index is 0.0960. The standard InChI is InChI=1S/C15H16N2O6/c1-8-7-12(17-23-8)16-14(19)9(2)22-15(20)10-5-4-6-11(21-3)13(10)18/h4-7,9,18H,1-3H3,(H,16,17,19)/t9-/m0/s1. The van der Waals surface area contributed by atoms with Crippen LogP contribution in [0.15, 0.2) is 28.8 Å². The lowest BCUT2D eigenvalue weighted by Crippen LogP contribution is -2.30. The van der Waals surface area contributed by atoms with Crippen LogP contribution in [0.5, 0.6) is 11.5 Å². The number of aryl methyl sites for hydroxylation is 1. The zero-order valence-electron chi connectivity index (χ0n) is 12.8. The number of aromatic hydroxyl groups is 1. The van der Waals surface area contributed by atoms with Crippen molar-refractivity contribution < 1.29 is 28.7 Å². The van der Waals surface area contributed by atoms with E-state index in [1.165, 1.54) is 38.3 Å². The smallest absolute Gasteiger partial charge is 0.342 e. The fraction of sp³-hybridized carbons (Fsp3) is 0.267. The van der Waals surface area contributed by atoms with Crippen molar-refractivity contribution in [2.45, 2.75) is 20.0 Å². The molecule has 0 unspecified atom stereocenters. The number of phenols is 1. The molecule has 0 aliphatic rings. The molecule has 23 heavy (non-hydrogen) atoms. The van der Waals surface area contributed by atoms with E-state index in [-0.39, 0.29) is 22.9 Å². The van der Waals surface area contributed by atoms with Gasteiger partial charge in [-0.05, 0) is 26.0 Å². The highest BCUT2D eigenvalue weighted by molar-refractivity contribution is 5.98. The van der Waals surface area contributed by atoms with Gasteiger partial charge in [-0.3, -0.25) is 4.79 Å². The Morgan fingerprint density at radius 2 is 2.13 bits per heavy atom. The van der Waals surface area contributed by atoms with Crippen LogP contribution < -0.4 is 10.1 Å². The lowest BCUT2D eigenvalue weighted by atomic mass is 10.2. The molecule has 0 bridgehead atoms. The molecule has 1 aromatic carbocycles. The summed E-state index contributed by atoms with van der Waals surface area (Å²) in [7, 11) is 1.36. The summed E-state index contributed by atoms with van der Waals surface area (Å²) >= 11 is 0. The van der Waals surface area contributed by atoms with E-state index < -0.39 is 18.0 Å². The second-order valence-corrected chi connectivity index (χ2v) is 4.72. The summed E-state index contributed by atoms with van der Waals surface area (Å²) in [5.74, 6) is -0.880. The van der Waals surface area contributed by atoms with Crippen molar-refractivity contribution in [1.29, 1.82) is 0 Å². The Kier molecular flexibility index (Phi) is 4.85. The maximum Gasteiger partial charge on any atom is 0.342 e. The number of nitrogens with one attached hydrogen (secondary N) is 1. The molecule has 0 aliphatic heterocycles. The molecule has 0 aliphatic carbocycles. The Morgan fingerprint density at radius 3 is 2.74 bits per heavy atom. The van der Waals surface area contributed by atoms with E-state index >= 15 is 0 Å². The van der Waals surface area contributed by atoms with Crippen LogP contribution in [0.4, 0.5) is 5.82 Å². The number of aromatic nitrogens is 1. The molecule has 0 spiro atoms. The van der Waals surface area contributed by atoms with Crippen LogP contribution >= 0.6 is 0 Å². The SMILES string of the molecule is COc1cccc(C(=O)O[C@@H](C)C(=O)Nc2cc(C)on2)c1O. The molecule has 8 heteroatoms. The molecular weight excluding hydrogens is 304 g/mol. The quantitative estimate of drug-likeness (QED) is 0.809. The number of amides is 1. The van der Waals surface area contributed by atoms with Crippen molar-refractivity contribution in [3.8, 4) is 11.5 Å². The molecule has 0 radical (unpaired) electrons. The number of ether oxygens (including phenoxy) is 2. The maximum atomic E-state index is 12.1. The minimum Gasteiger partial charge on any atom is -0.504 e. The lowest BCUT2D eigenvalue weighted by Gasteiger charge is -2.13. The van der Waals surface area contributed by atoms with E-state index in [2.05, 4.69) is 10.5 Å². The summed E-state index contributed by atoms with van der Waals surface area (Å²) in [6.45, 7) is 3.08. The third-order valence-corrected chi connectivity index (χ3v) is 2.97. The van der Waals surface area contributed by atoms with Crippen molar-refractivity contribution in [2.24, 2.45) is 0 Å². The number of anilines is 1. The number of esters is 1. The van der Waals surface area contributed by atoms with E-state index in [0.717, 1.165) is 0 Å². The predicted molar refractivity (Wildman–Crippen MR) is 79.4 cm³/mol. The molecule has 0 saturated heterocycles. The lowest BCUT2D eigenvalue weighted by molar-refractivity contribution is -0.123. The van der Waals surface area contributed by atoms with Crippen LogP contribution in [0, 0.1) is 6.92 Å². The van der Waals surface area contributed by atoms with Gasteiger partial charge in [0, 0.05) is 6.07 Å². The highest BCUT2D eigenvalue weighted by atomic mass is 16.5. The third-order valence-electron chi connectivity index (χ3n) is 2.97. The second-order valence-electron chi connectivity index (χ2n) is 4.72. The summed E-state index contributed by atoms with van der Waals surface area (Å²) < 4.78 is 14.8. The Labute approximate surface area is 132 Å². The number of carbonyl (C=O) groups is 2. The number of nitrogens with zero attached hydrogens (tertiary/aromatic N) is 1. The number of rotatable bonds is 5. The highest BCUT2D eigenvalue weighted by Gasteiger charge is 2.23. The summed E-state index contributed by atoms with van der Waals surface area (Å²) in [5, 5.41) is 16.0. The maximum absolute atomic E-state index is 12.1. The molecule has 2 N–H and O–H groups in total. The van der Waals surface area contributed by atoms with E-state index in [1.807, 2.05) is 0 Å². The van der Waals surface area contributed by atoms with Gasteiger partial charge in [0.1, 0.15) is 11.3 Å². The topological polar surface area (TPSA) is 111 Å². The first-order chi connectivity index (χ1) is 10.9. The highest BCUT2D eigenvalue weighted by Crippen LogP contribution is 2.30. The van der Waals surface area contributed by atoms with Crippen molar-refractivity contribution >= 4 is 17.7 Å². The van der Waals surface area contributed by atoms with Gasteiger partial charge in [0.25, 0.3) is 5.91 Å². The first kappa shape index (κ1) is 16.3. The van der Waals surface area contributed by atoms with Gasteiger partial charge in [-0.25, -0.2) is 4.79 Å². The molecule has 122 valence electrons. The van der Waals surface area contributed by atoms with Gasteiger partial charge >= 0.3 is 5.97 Å². The molecule has 0 saturated carbocycles. The number of carbonyl (C=O) groups excluding carboxylic acids is 2. The predicted octanol–water partition coefficient (Wildman–Crippen LogP) is 1.88. The van der Waals surface area contributed by atoms with Gasteiger partial charge in [-0.15, -0.1) is 0 Å². The van der Waals surface area contributed by atoms with E-state index in [9.17, 15) is 14.7 Å². The van der Waals surface area contributed by atoms with Gasteiger partial charge in [0.2, 0.25) is 0 Å². The fourth-order valence-electron chi connectivity index (χ4n) is 1.78. The summed E-state index contributed by atoms with van der Waals surface area (Å²) in [5.41, 5.74) is -0.0960. The van der Waals surface area contributed by atoms with Gasteiger partial charge in [-0.2, -0.15) is 0 Å². The molecule has 1 aromatic heterocycles. The Hall–Kier alpha value is -3.03. The zero-order chi connectivity index (χ0) is 17.0. The molecule has 2 aromatic rings. The summed E-state index contributed by atoms with van der Waals surface area (Å²) in [4.78, 5) is 24.0. The van der Waals surface area contributed by atoms with Crippen molar-refractivity contribution in [3.63, 3.8) is 0 Å². The van der Waals surface area contributed by atoms with Gasteiger partial charge in [-0.1, -0.05) is 11.2 Å². The fourth-order valence-corrected chi connectivity index (χ4v) is 1.78. The molecule has 1 amide bonds. The van der Waals surface area contributed by atoms with E-state index in [0.29, 0.717) is 5.76 Å². The second kappa shape index (κ2) is 6.82. The molecule has 0 fully saturated rings. The number of phenolic OH excluding ortho intramolecular Hbond substituents is 1. The molecule has 1 heterocycles. The first-order valence-corrected chi connectivity index (χ1v) is 6.73. The van der Waals surface area contributed by atoms with E-state index in [1.54, 1.807) is 6.92 Å². The molecule has 2 rings (SSSR count). The number of hydrogen-bond donors (Lipinski definition) is 2. The van der Waals surface area contributed by atoms with Gasteiger partial charge < -0.3 is 24.4 Å². The van der Waals surface area contributed by atoms with Crippen molar-refractivity contribution in [1.82, 2.24) is 5.16 Å². The Morgan fingerprint density at radius 1 is 1.39 bits per heavy atom. The normalized spacial score (nSPS) is 11.6. The minimum atomic E-state index is -1.09. The van der Waals surface area contributed by atoms with Crippen LogP contribution in [0.25, 0.3) is 0 Å². The monoisotopic (exact) mass is 320 g/mol. The van der Waals surface area contributed by atoms with Crippen LogP contribution in [0.2, 0.25) is 0 Å². The van der Waals surface area contributed by atoms with Crippen LogP contribution in [0.1, 0.15) is 23.0 Å². The van der Waals surface area contributed by atoms with Gasteiger partial charge in [0.15, 0.2) is 23.4 Å².